The van der Waals surface area contributed by atoms with E-state index in [0.717, 1.165) is 6.26 Å². The maximum atomic E-state index is 15.0. The van der Waals surface area contributed by atoms with Crippen LogP contribution in [0.25, 0.3) is 21.8 Å². The lowest BCUT2D eigenvalue weighted by molar-refractivity contribution is 0.431. The zero-order valence-corrected chi connectivity index (χ0v) is 25.7. The highest BCUT2D eigenvalue weighted by atomic mass is 35.5. The van der Waals surface area contributed by atoms with Gasteiger partial charge >= 0.3 is 0 Å². The predicted octanol–water partition coefficient (Wildman–Crippen LogP) is 4.15. The van der Waals surface area contributed by atoms with Crippen molar-refractivity contribution in [2.24, 2.45) is 0 Å². The molecule has 0 fully saturated rings. The summed E-state index contributed by atoms with van der Waals surface area (Å²) in [6.45, 7) is 1.86. The van der Waals surface area contributed by atoms with Crippen molar-refractivity contribution < 1.29 is 21.2 Å². The van der Waals surface area contributed by atoms with Crippen molar-refractivity contribution in [3.05, 3.63) is 75.3 Å². The fourth-order valence-electron chi connectivity index (χ4n) is 4.70. The molecule has 5 heterocycles. The van der Waals surface area contributed by atoms with Crippen LogP contribution in [0.2, 0.25) is 10.3 Å². The molecule has 1 aromatic carbocycles. The smallest absolute Gasteiger partial charge is 0.247 e. The number of hydrogen-bond acceptors (Lipinski definition) is 11. The minimum Gasteiger partial charge on any atom is -0.322 e. The summed E-state index contributed by atoms with van der Waals surface area (Å²) in [6, 6.07) is 6.18. The standard InChI is InChI=1S/C26H21Cl2FN8O4S2/c1-13-5-14-9-30-25(35-21(14)23(27)32-13)34-20-8-17-12-37(11-16(17)7-19(20)29)43(40,41)4-3-18-6-15-10-31-26(42(2,38)39)36-22(15)24(28)33-18/h5-10H,3-4,11-12H2,1-2H3,(H,30,34,35). The van der Waals surface area contributed by atoms with Crippen molar-refractivity contribution in [2.45, 2.75) is 31.6 Å². The molecule has 1 N–H and O–H groups in total. The fraction of sp³-hybridized carbons (Fsp3) is 0.231. The van der Waals surface area contributed by atoms with Gasteiger partial charge in [0.2, 0.25) is 31.0 Å². The number of anilines is 2. The molecule has 43 heavy (non-hydrogen) atoms. The van der Waals surface area contributed by atoms with Gasteiger partial charge in [-0.1, -0.05) is 23.2 Å². The van der Waals surface area contributed by atoms with Gasteiger partial charge in [-0.15, -0.1) is 0 Å². The molecule has 0 aliphatic carbocycles. The van der Waals surface area contributed by atoms with Gasteiger partial charge < -0.3 is 5.32 Å². The fourth-order valence-corrected chi connectivity index (χ4v) is 7.14. The van der Waals surface area contributed by atoms with Crippen LogP contribution in [0.4, 0.5) is 16.0 Å². The Morgan fingerprint density at radius 3 is 2.28 bits per heavy atom. The molecule has 1 aliphatic rings. The Hall–Kier alpha value is -3.63. The predicted molar refractivity (Wildman–Crippen MR) is 159 cm³/mol. The molecule has 0 bridgehead atoms. The third-order valence-electron chi connectivity index (χ3n) is 6.78. The number of nitrogens with one attached hydrogen (secondary N) is 1. The molecule has 222 valence electrons. The molecular weight excluding hydrogens is 642 g/mol. The van der Waals surface area contributed by atoms with Gasteiger partial charge in [-0.3, -0.25) is 0 Å². The molecule has 12 nitrogen and oxygen atoms in total. The first-order valence-electron chi connectivity index (χ1n) is 12.6. The van der Waals surface area contributed by atoms with E-state index in [-0.39, 0.29) is 57.9 Å². The van der Waals surface area contributed by atoms with Crippen LogP contribution in [-0.2, 0) is 39.4 Å². The molecule has 0 spiro atoms. The summed E-state index contributed by atoms with van der Waals surface area (Å²) < 4.78 is 66.3. The summed E-state index contributed by atoms with van der Waals surface area (Å²) in [7, 11) is -7.43. The van der Waals surface area contributed by atoms with Gasteiger partial charge in [0.1, 0.15) is 16.9 Å². The second kappa shape index (κ2) is 10.8. The third kappa shape index (κ3) is 5.95. The van der Waals surface area contributed by atoms with Gasteiger partial charge in [0.15, 0.2) is 10.3 Å². The number of sulfonamides is 1. The summed E-state index contributed by atoms with van der Waals surface area (Å²) >= 11 is 12.5. The highest BCUT2D eigenvalue weighted by Gasteiger charge is 2.30. The molecule has 0 radical (unpaired) electrons. The minimum atomic E-state index is -3.78. The number of fused-ring (bicyclic) bond motifs is 3. The van der Waals surface area contributed by atoms with Crippen LogP contribution >= 0.6 is 23.2 Å². The van der Waals surface area contributed by atoms with Crippen LogP contribution in [0, 0.1) is 12.7 Å². The molecule has 6 rings (SSSR count). The SMILES string of the molecule is Cc1cc2cnc(Nc3cc4c(cc3F)CN(S(=O)(=O)CCc3cc5cnc(S(C)(=O)=O)nc5c(Cl)n3)C4)nc2c(Cl)n1. The van der Waals surface area contributed by atoms with Crippen molar-refractivity contribution in [3.8, 4) is 0 Å². The van der Waals surface area contributed by atoms with E-state index in [9.17, 15) is 16.8 Å². The van der Waals surface area contributed by atoms with Crippen LogP contribution < -0.4 is 5.32 Å². The van der Waals surface area contributed by atoms with E-state index in [2.05, 4.69) is 35.2 Å². The molecule has 17 heteroatoms. The lowest BCUT2D eigenvalue weighted by Gasteiger charge is -2.15. The van der Waals surface area contributed by atoms with Gasteiger partial charge in [0.25, 0.3) is 0 Å². The molecule has 1 aliphatic heterocycles. The van der Waals surface area contributed by atoms with Crippen molar-refractivity contribution in [2.75, 3.05) is 17.3 Å². The Morgan fingerprint density at radius 1 is 0.884 bits per heavy atom. The van der Waals surface area contributed by atoms with Crippen molar-refractivity contribution >= 4 is 76.5 Å². The van der Waals surface area contributed by atoms with Crippen molar-refractivity contribution in [1.29, 1.82) is 0 Å². The van der Waals surface area contributed by atoms with E-state index < -0.39 is 25.7 Å². The summed E-state index contributed by atoms with van der Waals surface area (Å²) in [4.78, 5) is 24.8. The Bertz CT molecular complexity index is 2190. The van der Waals surface area contributed by atoms with E-state index in [4.69, 9.17) is 23.2 Å². The summed E-state index contributed by atoms with van der Waals surface area (Å²) in [6.07, 6.45) is 3.86. The van der Waals surface area contributed by atoms with Gasteiger partial charge in [-0.2, -0.15) is 4.31 Å². The average Bonchev–Trinajstić information content (AvgIpc) is 3.35. The Labute approximate surface area is 255 Å². The molecule has 0 amide bonds. The summed E-state index contributed by atoms with van der Waals surface area (Å²) in [5.41, 5.74) is 2.90. The van der Waals surface area contributed by atoms with Gasteiger partial charge in [-0.05, 0) is 42.3 Å². The first-order chi connectivity index (χ1) is 20.3. The largest absolute Gasteiger partial charge is 0.322 e. The van der Waals surface area contributed by atoms with Gasteiger partial charge in [-0.25, -0.2) is 51.1 Å². The summed E-state index contributed by atoms with van der Waals surface area (Å²) in [5.74, 6) is -0.766. The van der Waals surface area contributed by atoms with E-state index in [1.807, 2.05) is 0 Å². The maximum Gasteiger partial charge on any atom is 0.247 e. The molecule has 0 saturated carbocycles. The van der Waals surface area contributed by atoms with Gasteiger partial charge in [0.05, 0.1) is 11.4 Å². The normalized spacial score (nSPS) is 14.0. The monoisotopic (exact) mass is 662 g/mol. The Balaban J connectivity index is 1.17. The highest BCUT2D eigenvalue weighted by molar-refractivity contribution is 7.90. The van der Waals surface area contributed by atoms with Crippen LogP contribution in [0.3, 0.4) is 0 Å². The third-order valence-corrected chi connectivity index (χ3v) is 9.93. The van der Waals surface area contributed by atoms with E-state index in [0.29, 0.717) is 38.8 Å². The van der Waals surface area contributed by atoms with Crippen molar-refractivity contribution in [3.63, 3.8) is 0 Å². The number of aromatic nitrogens is 6. The Morgan fingerprint density at radius 2 is 1.53 bits per heavy atom. The highest BCUT2D eigenvalue weighted by Crippen LogP contribution is 2.32. The molecule has 0 saturated heterocycles. The number of benzene rings is 1. The molecule has 0 atom stereocenters. The second-order valence-corrected chi connectivity index (χ2v) is 14.7. The number of pyridine rings is 2. The van der Waals surface area contributed by atoms with E-state index >= 15 is 4.39 Å². The van der Waals surface area contributed by atoms with E-state index in [1.165, 1.54) is 22.6 Å². The lowest BCUT2D eigenvalue weighted by atomic mass is 10.1. The van der Waals surface area contributed by atoms with Crippen LogP contribution in [0.1, 0.15) is 22.5 Å². The molecular formula is C26H21Cl2FN8O4S2. The first kappa shape index (κ1) is 29.4. The lowest BCUT2D eigenvalue weighted by Crippen LogP contribution is -2.29. The van der Waals surface area contributed by atoms with E-state index in [1.54, 1.807) is 25.3 Å². The Kier molecular flexibility index (Phi) is 7.41. The quantitative estimate of drug-likeness (QED) is 0.197. The van der Waals surface area contributed by atoms with Crippen LogP contribution in [0.5, 0.6) is 0 Å². The minimum absolute atomic E-state index is 0.00990. The molecule has 4 aromatic heterocycles. The number of nitrogens with zero attached hydrogens (tertiary/aromatic N) is 7. The molecule has 5 aromatic rings. The molecule has 0 unspecified atom stereocenters. The van der Waals surface area contributed by atoms with Crippen molar-refractivity contribution in [1.82, 2.24) is 34.2 Å². The van der Waals surface area contributed by atoms with Crippen LogP contribution in [0.15, 0.2) is 41.8 Å². The first-order valence-corrected chi connectivity index (χ1v) is 16.9. The second-order valence-electron chi connectivity index (χ2n) is 10.0. The summed E-state index contributed by atoms with van der Waals surface area (Å²) in [5, 5.41) is 3.72. The zero-order chi connectivity index (χ0) is 30.7. The topological polar surface area (TPSA) is 161 Å². The van der Waals surface area contributed by atoms with Gasteiger partial charge in [0, 0.05) is 60.3 Å². The number of aryl methyl sites for hydroxylation is 2. The zero-order valence-electron chi connectivity index (χ0n) is 22.5. The van der Waals surface area contributed by atoms with Crippen LogP contribution in [-0.4, -0.2) is 63.1 Å². The number of sulfone groups is 1. The average molecular weight is 664 g/mol. The maximum absolute atomic E-state index is 15.0. The number of rotatable bonds is 7. The number of hydrogen-bond donors (Lipinski definition) is 1. The number of halogens is 3.